The van der Waals surface area contributed by atoms with Gasteiger partial charge in [0.15, 0.2) is 5.16 Å². The fraction of sp³-hybridized carbons (Fsp3) is 0.333. The Labute approximate surface area is 155 Å². The van der Waals surface area contributed by atoms with Crippen molar-refractivity contribution in [2.75, 3.05) is 11.9 Å². The lowest BCUT2D eigenvalue weighted by Crippen LogP contribution is -2.23. The van der Waals surface area contributed by atoms with Crippen molar-refractivity contribution in [2.45, 2.75) is 37.6 Å². The van der Waals surface area contributed by atoms with Gasteiger partial charge in [0.05, 0.1) is 17.4 Å². The number of hydrogen-bond acceptors (Lipinski definition) is 6. The van der Waals surface area contributed by atoms with Gasteiger partial charge in [-0.15, -0.1) is 0 Å². The number of amides is 1. The van der Waals surface area contributed by atoms with Crippen molar-refractivity contribution < 1.29 is 14.3 Å². The van der Waals surface area contributed by atoms with Gasteiger partial charge in [0.2, 0.25) is 5.91 Å². The molecule has 0 saturated carbocycles. The smallest absolute Gasteiger partial charge is 0.338 e. The molecule has 0 spiro atoms. The first-order valence-electron chi connectivity index (χ1n) is 8.27. The number of aryl methyl sites for hydroxylation is 1. The third-order valence-corrected chi connectivity index (χ3v) is 4.42. The Morgan fingerprint density at radius 2 is 2.08 bits per heavy atom. The summed E-state index contributed by atoms with van der Waals surface area (Å²) in [6.45, 7) is 5.64. The summed E-state index contributed by atoms with van der Waals surface area (Å²) in [5.41, 5.74) is 1.29. The minimum atomic E-state index is -0.489. The molecule has 2 aromatic rings. The lowest BCUT2D eigenvalue weighted by atomic mass is 10.2. The van der Waals surface area contributed by atoms with Crippen LogP contribution in [-0.2, 0) is 16.0 Å². The molecule has 1 aromatic carbocycles. The normalized spacial score (nSPS) is 11.7. The van der Waals surface area contributed by atoms with Crippen LogP contribution in [0.25, 0.3) is 0 Å². The molecule has 0 aliphatic carbocycles. The number of anilines is 1. The second-order valence-electron chi connectivity index (χ2n) is 5.45. The Kier molecular flexibility index (Phi) is 6.97. The minimum Gasteiger partial charge on any atom is -0.462 e. The number of H-pyrrole nitrogens is 1. The molecule has 0 aliphatic heterocycles. The topological polar surface area (TPSA) is 101 Å². The van der Waals surface area contributed by atoms with E-state index in [1.807, 2.05) is 6.92 Å². The van der Waals surface area contributed by atoms with E-state index in [1.165, 1.54) is 6.07 Å². The van der Waals surface area contributed by atoms with Crippen molar-refractivity contribution in [3.63, 3.8) is 0 Å². The van der Waals surface area contributed by atoms with Crippen molar-refractivity contribution in [2.24, 2.45) is 0 Å². The van der Waals surface area contributed by atoms with Gasteiger partial charge in [-0.3, -0.25) is 9.59 Å². The van der Waals surface area contributed by atoms with Crippen LogP contribution >= 0.6 is 11.8 Å². The number of ether oxygens (including phenoxy) is 1. The van der Waals surface area contributed by atoms with Crippen molar-refractivity contribution in [1.29, 1.82) is 0 Å². The third kappa shape index (κ3) is 5.45. The number of nitrogens with one attached hydrogen (secondary N) is 2. The van der Waals surface area contributed by atoms with E-state index in [2.05, 4.69) is 15.3 Å². The number of carbonyl (C=O) groups excluding carboxylic acids is 2. The van der Waals surface area contributed by atoms with Crippen molar-refractivity contribution in [3.05, 3.63) is 51.9 Å². The van der Waals surface area contributed by atoms with Crippen LogP contribution in [0.3, 0.4) is 0 Å². The summed E-state index contributed by atoms with van der Waals surface area (Å²) in [4.78, 5) is 42.7. The van der Waals surface area contributed by atoms with E-state index in [0.717, 1.165) is 11.8 Å². The fourth-order valence-electron chi connectivity index (χ4n) is 2.12. The fourth-order valence-corrected chi connectivity index (χ4v) is 2.95. The first-order valence-corrected chi connectivity index (χ1v) is 9.15. The van der Waals surface area contributed by atoms with E-state index in [-0.39, 0.29) is 18.1 Å². The van der Waals surface area contributed by atoms with Gasteiger partial charge in [0.25, 0.3) is 5.56 Å². The van der Waals surface area contributed by atoms with Crippen molar-refractivity contribution in [3.8, 4) is 0 Å². The third-order valence-electron chi connectivity index (χ3n) is 3.43. The molecule has 138 valence electrons. The van der Waals surface area contributed by atoms with Crippen LogP contribution in [-0.4, -0.2) is 33.7 Å². The number of hydrogen-bond donors (Lipinski definition) is 2. The van der Waals surface area contributed by atoms with Crippen LogP contribution in [0.5, 0.6) is 0 Å². The quantitative estimate of drug-likeness (QED) is 0.438. The second kappa shape index (κ2) is 9.19. The zero-order valence-electron chi connectivity index (χ0n) is 14.9. The van der Waals surface area contributed by atoms with Gasteiger partial charge in [-0.05, 0) is 38.5 Å². The predicted octanol–water partition coefficient (Wildman–Crippen LogP) is 2.63. The summed E-state index contributed by atoms with van der Waals surface area (Å²) in [6.07, 6.45) is 0.638. The Morgan fingerprint density at radius 3 is 2.77 bits per heavy atom. The number of carbonyl (C=O) groups is 2. The summed E-state index contributed by atoms with van der Waals surface area (Å²) in [6, 6.07) is 7.98. The number of rotatable bonds is 7. The van der Waals surface area contributed by atoms with E-state index in [9.17, 15) is 14.4 Å². The molecule has 0 saturated heterocycles. The number of aromatic amines is 1. The van der Waals surface area contributed by atoms with Gasteiger partial charge in [-0.2, -0.15) is 0 Å². The molecule has 0 aliphatic rings. The molecule has 0 radical (unpaired) electrons. The highest BCUT2D eigenvalue weighted by Gasteiger charge is 2.17. The zero-order chi connectivity index (χ0) is 19.1. The summed E-state index contributed by atoms with van der Waals surface area (Å²) in [7, 11) is 0. The molecule has 26 heavy (non-hydrogen) atoms. The second-order valence-corrected chi connectivity index (χ2v) is 6.78. The molecular weight excluding hydrogens is 354 g/mol. The SMILES string of the molecule is CCOC(=O)c1cccc(NC(=O)C(C)Sc2nc(CC)cc(=O)[nH]2)c1. The largest absolute Gasteiger partial charge is 0.462 e. The number of aromatic nitrogens is 2. The highest BCUT2D eigenvalue weighted by Crippen LogP contribution is 2.20. The van der Waals surface area contributed by atoms with Crippen LogP contribution in [0, 0.1) is 0 Å². The standard InChI is InChI=1S/C18H21N3O4S/c1-4-13-10-15(22)21-18(20-13)26-11(3)16(23)19-14-8-6-7-12(9-14)17(24)25-5-2/h6-11H,4-5H2,1-3H3,(H,19,23)(H,20,21,22). The first-order chi connectivity index (χ1) is 12.4. The first kappa shape index (κ1) is 19.7. The molecule has 0 bridgehead atoms. The highest BCUT2D eigenvalue weighted by molar-refractivity contribution is 8.00. The summed E-state index contributed by atoms with van der Waals surface area (Å²) >= 11 is 1.16. The van der Waals surface area contributed by atoms with Gasteiger partial charge in [0.1, 0.15) is 0 Å². The van der Waals surface area contributed by atoms with E-state index in [0.29, 0.717) is 28.5 Å². The molecular formula is C18H21N3O4S. The Bertz CT molecular complexity index is 850. The Balaban J connectivity index is 2.05. The molecule has 2 rings (SSSR count). The summed E-state index contributed by atoms with van der Waals surface area (Å²) in [5.74, 6) is -0.704. The number of thioether (sulfide) groups is 1. The average molecular weight is 375 g/mol. The van der Waals surface area contributed by atoms with Gasteiger partial charge in [-0.25, -0.2) is 9.78 Å². The Morgan fingerprint density at radius 1 is 1.31 bits per heavy atom. The molecule has 1 atom stereocenters. The Hall–Kier alpha value is -2.61. The maximum atomic E-state index is 12.4. The van der Waals surface area contributed by atoms with Gasteiger partial charge in [-0.1, -0.05) is 24.8 Å². The molecule has 1 amide bonds. The van der Waals surface area contributed by atoms with E-state index >= 15 is 0 Å². The molecule has 0 fully saturated rings. The predicted molar refractivity (Wildman–Crippen MR) is 101 cm³/mol. The van der Waals surface area contributed by atoms with Crippen LogP contribution in [0.2, 0.25) is 0 Å². The number of esters is 1. The van der Waals surface area contributed by atoms with Crippen LogP contribution in [0.1, 0.15) is 36.8 Å². The van der Waals surface area contributed by atoms with Crippen molar-refractivity contribution >= 4 is 29.3 Å². The lowest BCUT2D eigenvalue weighted by molar-refractivity contribution is -0.115. The van der Waals surface area contributed by atoms with E-state index < -0.39 is 11.2 Å². The lowest BCUT2D eigenvalue weighted by Gasteiger charge is -2.12. The van der Waals surface area contributed by atoms with E-state index in [1.54, 1.807) is 38.1 Å². The molecule has 1 aromatic heterocycles. The van der Waals surface area contributed by atoms with Crippen molar-refractivity contribution in [1.82, 2.24) is 9.97 Å². The summed E-state index contributed by atoms with van der Waals surface area (Å²) in [5, 5.41) is 2.67. The van der Waals surface area contributed by atoms with E-state index in [4.69, 9.17) is 4.74 Å². The van der Waals surface area contributed by atoms with Gasteiger partial charge >= 0.3 is 5.97 Å². The highest BCUT2D eigenvalue weighted by atomic mass is 32.2. The zero-order valence-corrected chi connectivity index (χ0v) is 15.7. The number of nitrogens with zero attached hydrogens (tertiary/aromatic N) is 1. The summed E-state index contributed by atoms with van der Waals surface area (Å²) < 4.78 is 4.95. The molecule has 8 heteroatoms. The minimum absolute atomic E-state index is 0.242. The van der Waals surface area contributed by atoms with Crippen LogP contribution < -0.4 is 10.9 Å². The molecule has 1 heterocycles. The maximum Gasteiger partial charge on any atom is 0.338 e. The maximum absolute atomic E-state index is 12.4. The monoisotopic (exact) mass is 375 g/mol. The van der Waals surface area contributed by atoms with Crippen LogP contribution in [0.15, 0.2) is 40.3 Å². The molecule has 7 nitrogen and oxygen atoms in total. The average Bonchev–Trinajstić information content (AvgIpc) is 2.61. The van der Waals surface area contributed by atoms with Gasteiger partial charge in [0, 0.05) is 17.4 Å². The number of benzene rings is 1. The van der Waals surface area contributed by atoms with Gasteiger partial charge < -0.3 is 15.0 Å². The molecule has 1 unspecified atom stereocenters. The van der Waals surface area contributed by atoms with Crippen LogP contribution in [0.4, 0.5) is 5.69 Å². The molecule has 2 N–H and O–H groups in total.